The molecule has 134 valence electrons. The van der Waals surface area contributed by atoms with Gasteiger partial charge in [0.2, 0.25) is 5.95 Å². The maximum atomic E-state index is 10.1. The lowest BCUT2D eigenvalue weighted by Crippen LogP contribution is -2.28. The van der Waals surface area contributed by atoms with Crippen LogP contribution in [0.4, 0.5) is 5.95 Å². The van der Waals surface area contributed by atoms with Crippen molar-refractivity contribution in [2.75, 3.05) is 5.32 Å². The fourth-order valence-electron chi connectivity index (χ4n) is 3.98. The second-order valence-electron chi connectivity index (χ2n) is 7.33. The molecule has 2 aliphatic rings. The summed E-state index contributed by atoms with van der Waals surface area (Å²) in [7, 11) is 0. The van der Waals surface area contributed by atoms with Gasteiger partial charge in [0, 0.05) is 16.9 Å². The van der Waals surface area contributed by atoms with Crippen molar-refractivity contribution in [2.45, 2.75) is 50.3 Å². The third kappa shape index (κ3) is 2.75. The number of anilines is 1. The van der Waals surface area contributed by atoms with Crippen molar-refractivity contribution in [3.8, 4) is 11.4 Å². The van der Waals surface area contributed by atoms with Gasteiger partial charge >= 0.3 is 0 Å². The predicted octanol–water partition coefficient (Wildman–Crippen LogP) is 4.41. The molecule has 0 saturated heterocycles. The normalized spacial score (nSPS) is 22.8. The molecule has 0 radical (unpaired) electrons. The van der Waals surface area contributed by atoms with Crippen molar-refractivity contribution in [1.29, 1.82) is 0 Å². The molecule has 2 aromatic heterocycles. The van der Waals surface area contributed by atoms with Gasteiger partial charge in [-0.25, -0.2) is 9.97 Å². The molecule has 5 rings (SSSR count). The fourth-order valence-corrected chi connectivity index (χ4v) is 4.16. The first-order valence-electron chi connectivity index (χ1n) is 9.28. The number of halogens is 1. The lowest BCUT2D eigenvalue weighted by Gasteiger charge is -2.17. The van der Waals surface area contributed by atoms with Crippen molar-refractivity contribution in [3.05, 3.63) is 41.6 Å². The van der Waals surface area contributed by atoms with Gasteiger partial charge in [0.25, 0.3) is 0 Å². The monoisotopic (exact) mass is 368 g/mol. The predicted molar refractivity (Wildman–Crippen MR) is 104 cm³/mol. The molecule has 1 aromatic carbocycles. The molecule has 0 bridgehead atoms. The van der Waals surface area contributed by atoms with E-state index in [0.29, 0.717) is 17.0 Å². The number of fused-ring (bicyclic) bond motifs is 1. The first-order valence-corrected chi connectivity index (χ1v) is 9.66. The Morgan fingerprint density at radius 3 is 2.77 bits per heavy atom. The van der Waals surface area contributed by atoms with Crippen LogP contribution in [0.15, 0.2) is 36.5 Å². The van der Waals surface area contributed by atoms with E-state index in [2.05, 4.69) is 45.2 Å². The van der Waals surface area contributed by atoms with Crippen LogP contribution < -0.4 is 5.32 Å². The number of hydrogen-bond acceptors (Lipinski definition) is 4. The highest BCUT2D eigenvalue weighted by Gasteiger charge is 2.29. The lowest BCUT2D eigenvalue weighted by molar-refractivity contribution is 0.171. The summed E-state index contributed by atoms with van der Waals surface area (Å²) in [5.74, 6) is 0.531. The Bertz CT molecular complexity index is 966. The molecule has 6 heteroatoms. The van der Waals surface area contributed by atoms with Gasteiger partial charge in [0.1, 0.15) is 5.69 Å². The molecule has 2 atom stereocenters. The molecule has 5 nitrogen and oxygen atoms in total. The maximum absolute atomic E-state index is 10.1. The summed E-state index contributed by atoms with van der Waals surface area (Å²) >= 11 is 6.49. The van der Waals surface area contributed by atoms with Gasteiger partial charge in [-0.3, -0.25) is 0 Å². The summed E-state index contributed by atoms with van der Waals surface area (Å²) in [5.41, 5.74) is 3.01. The lowest BCUT2D eigenvalue weighted by atomic mass is 10.2. The number of nitrogens with one attached hydrogen (secondary N) is 1. The van der Waals surface area contributed by atoms with Gasteiger partial charge in [-0.1, -0.05) is 29.8 Å². The zero-order valence-electron chi connectivity index (χ0n) is 14.4. The summed E-state index contributed by atoms with van der Waals surface area (Å²) in [4.78, 5) is 9.05. The average molecular weight is 369 g/mol. The van der Waals surface area contributed by atoms with Gasteiger partial charge in [-0.05, 0) is 44.2 Å². The van der Waals surface area contributed by atoms with E-state index in [9.17, 15) is 5.11 Å². The standard InChI is InChI=1S/C20H21ClN4O/c21-14-11-22-20(23-15-5-3-7-18(15)26)24-19(14)17-10-12-4-1-2-6-16(12)25(17)13-8-9-13/h1-2,4,6,10-11,13,15,18,26H,3,5,7-9H2,(H,22,23,24)/t15-,18+/m1/s1. The summed E-state index contributed by atoms with van der Waals surface area (Å²) in [6, 6.07) is 11.1. The number of rotatable bonds is 4. The minimum absolute atomic E-state index is 0.0123. The van der Waals surface area contributed by atoms with Crippen molar-refractivity contribution in [3.63, 3.8) is 0 Å². The second kappa shape index (κ2) is 6.25. The smallest absolute Gasteiger partial charge is 0.223 e. The summed E-state index contributed by atoms with van der Waals surface area (Å²) in [5, 5.41) is 15.1. The van der Waals surface area contributed by atoms with Crippen LogP contribution in [-0.2, 0) is 0 Å². The van der Waals surface area contributed by atoms with Crippen molar-refractivity contribution < 1.29 is 5.11 Å². The third-order valence-electron chi connectivity index (χ3n) is 5.44. The number of aromatic nitrogens is 3. The zero-order valence-corrected chi connectivity index (χ0v) is 15.2. The molecule has 2 saturated carbocycles. The molecule has 0 unspecified atom stereocenters. The van der Waals surface area contributed by atoms with E-state index in [1.165, 1.54) is 23.7 Å². The van der Waals surface area contributed by atoms with E-state index in [-0.39, 0.29) is 12.1 Å². The molecule has 3 aromatic rings. The Morgan fingerprint density at radius 1 is 1.15 bits per heavy atom. The summed E-state index contributed by atoms with van der Waals surface area (Å²) in [6.45, 7) is 0. The molecule has 2 fully saturated rings. The Labute approximate surface area is 157 Å². The van der Waals surface area contributed by atoms with Gasteiger partial charge in [-0.15, -0.1) is 0 Å². The number of hydrogen-bond donors (Lipinski definition) is 2. The number of para-hydroxylation sites is 1. The van der Waals surface area contributed by atoms with Crippen LogP contribution in [0.2, 0.25) is 5.02 Å². The van der Waals surface area contributed by atoms with Gasteiger partial charge in [0.05, 0.1) is 29.1 Å². The Balaban J connectivity index is 1.58. The van der Waals surface area contributed by atoms with Crippen LogP contribution in [0.5, 0.6) is 0 Å². The molecule has 0 amide bonds. The molecule has 26 heavy (non-hydrogen) atoms. The number of aliphatic hydroxyl groups excluding tert-OH is 1. The van der Waals surface area contributed by atoms with E-state index in [1.54, 1.807) is 6.20 Å². The molecule has 0 aliphatic heterocycles. The molecule has 0 spiro atoms. The van der Waals surface area contributed by atoms with E-state index in [1.807, 2.05) is 0 Å². The van der Waals surface area contributed by atoms with Crippen LogP contribution >= 0.6 is 11.6 Å². The highest BCUT2D eigenvalue weighted by atomic mass is 35.5. The fraction of sp³-hybridized carbons (Fsp3) is 0.400. The maximum Gasteiger partial charge on any atom is 0.223 e. The Morgan fingerprint density at radius 2 is 2.00 bits per heavy atom. The Kier molecular flexibility index (Phi) is 3.87. The molecular weight excluding hydrogens is 348 g/mol. The highest BCUT2D eigenvalue weighted by molar-refractivity contribution is 6.33. The minimum Gasteiger partial charge on any atom is -0.391 e. The van der Waals surface area contributed by atoms with E-state index < -0.39 is 0 Å². The molecule has 2 N–H and O–H groups in total. The van der Waals surface area contributed by atoms with Crippen LogP contribution in [0.3, 0.4) is 0 Å². The van der Waals surface area contributed by atoms with Crippen molar-refractivity contribution in [1.82, 2.24) is 14.5 Å². The van der Waals surface area contributed by atoms with Crippen LogP contribution in [0.1, 0.15) is 38.1 Å². The second-order valence-corrected chi connectivity index (χ2v) is 7.74. The summed E-state index contributed by atoms with van der Waals surface area (Å²) < 4.78 is 2.36. The van der Waals surface area contributed by atoms with Gasteiger partial charge in [0.15, 0.2) is 0 Å². The van der Waals surface area contributed by atoms with Crippen LogP contribution in [-0.4, -0.2) is 31.8 Å². The quantitative estimate of drug-likeness (QED) is 0.715. The van der Waals surface area contributed by atoms with Gasteiger partial charge in [-0.2, -0.15) is 0 Å². The topological polar surface area (TPSA) is 63.0 Å². The van der Waals surface area contributed by atoms with Crippen LogP contribution in [0, 0.1) is 0 Å². The van der Waals surface area contributed by atoms with Crippen molar-refractivity contribution in [2.24, 2.45) is 0 Å². The third-order valence-corrected chi connectivity index (χ3v) is 5.72. The number of nitrogens with zero attached hydrogens (tertiary/aromatic N) is 3. The van der Waals surface area contributed by atoms with Crippen molar-refractivity contribution >= 4 is 28.5 Å². The first kappa shape index (κ1) is 16.1. The van der Waals surface area contributed by atoms with Crippen LogP contribution in [0.25, 0.3) is 22.3 Å². The zero-order chi connectivity index (χ0) is 17.7. The summed E-state index contributed by atoms with van der Waals surface area (Å²) in [6.07, 6.45) is 6.48. The largest absolute Gasteiger partial charge is 0.391 e. The van der Waals surface area contributed by atoms with E-state index >= 15 is 0 Å². The molecule has 2 heterocycles. The molecule has 2 aliphatic carbocycles. The average Bonchev–Trinajstić information content (AvgIpc) is 3.30. The number of aliphatic hydroxyl groups is 1. The van der Waals surface area contributed by atoms with E-state index in [0.717, 1.165) is 30.7 Å². The number of benzene rings is 1. The SMILES string of the molecule is O[C@H]1CCC[C@H]1Nc1ncc(Cl)c(-c2cc3ccccc3n2C2CC2)n1. The highest BCUT2D eigenvalue weighted by Crippen LogP contribution is 2.43. The first-order chi connectivity index (χ1) is 12.7. The van der Waals surface area contributed by atoms with Gasteiger partial charge < -0.3 is 15.0 Å². The van der Waals surface area contributed by atoms with E-state index in [4.69, 9.17) is 16.6 Å². The molecular formula is C20H21ClN4O. The minimum atomic E-state index is -0.337. The Hall–Kier alpha value is -2.11.